The van der Waals surface area contributed by atoms with E-state index in [2.05, 4.69) is 5.32 Å². The number of nitrogens with one attached hydrogen (secondary N) is 1. The number of primary amides is 1. The second kappa shape index (κ2) is 8.54. The molecule has 0 atom stereocenters. The number of hydrogen-bond donors (Lipinski definition) is 2. The van der Waals surface area contributed by atoms with Gasteiger partial charge in [0.1, 0.15) is 12.3 Å². The molecule has 0 radical (unpaired) electrons. The van der Waals surface area contributed by atoms with Crippen LogP contribution in [-0.2, 0) is 19.6 Å². The zero-order valence-corrected chi connectivity index (χ0v) is 15.8. The molecular weight excluding hydrogens is 370 g/mol. The van der Waals surface area contributed by atoms with E-state index in [0.29, 0.717) is 18.0 Å². The minimum absolute atomic E-state index is 0.0517. The number of carbonyl (C=O) groups is 2. The Bertz CT molecular complexity index is 926. The Balaban J connectivity index is 2.49. The van der Waals surface area contributed by atoms with Gasteiger partial charge in [-0.1, -0.05) is 12.1 Å². The Morgan fingerprint density at radius 3 is 2.30 bits per heavy atom. The summed E-state index contributed by atoms with van der Waals surface area (Å²) in [6.07, 6.45) is 0. The number of amides is 2. The number of nitrogens with two attached hydrogens (primary N) is 1. The fourth-order valence-electron chi connectivity index (χ4n) is 2.42. The first-order valence-corrected chi connectivity index (χ1v) is 9.60. The van der Waals surface area contributed by atoms with Gasteiger partial charge < -0.3 is 15.8 Å². The van der Waals surface area contributed by atoms with Crippen LogP contribution in [0.25, 0.3) is 0 Å². The number of para-hydroxylation sites is 2. The average molecular weight is 391 g/mol. The van der Waals surface area contributed by atoms with Crippen LogP contribution < -0.4 is 20.1 Å². The average Bonchev–Trinajstić information content (AvgIpc) is 2.60. The van der Waals surface area contributed by atoms with Crippen molar-refractivity contribution < 1.29 is 22.7 Å². The maximum Gasteiger partial charge on any atom is 0.264 e. The topological polar surface area (TPSA) is 119 Å². The van der Waals surface area contributed by atoms with Gasteiger partial charge in [-0.25, -0.2) is 8.42 Å². The predicted molar refractivity (Wildman–Crippen MR) is 102 cm³/mol. The summed E-state index contributed by atoms with van der Waals surface area (Å²) in [6, 6.07) is 12.1. The summed E-state index contributed by atoms with van der Waals surface area (Å²) in [5.41, 5.74) is 5.94. The highest BCUT2D eigenvalue weighted by atomic mass is 32.2. The quantitative estimate of drug-likeness (QED) is 0.710. The van der Waals surface area contributed by atoms with Gasteiger partial charge in [-0.3, -0.25) is 13.9 Å². The van der Waals surface area contributed by atoms with Crippen LogP contribution in [0.3, 0.4) is 0 Å². The molecule has 0 bridgehead atoms. The Kier molecular flexibility index (Phi) is 6.40. The predicted octanol–water partition coefficient (Wildman–Crippen LogP) is 1.72. The second-order valence-electron chi connectivity index (χ2n) is 5.58. The van der Waals surface area contributed by atoms with Gasteiger partial charge in [-0.15, -0.1) is 0 Å². The van der Waals surface area contributed by atoms with E-state index >= 15 is 0 Å². The van der Waals surface area contributed by atoms with Gasteiger partial charge in [0.2, 0.25) is 11.8 Å². The number of benzene rings is 2. The normalized spacial score (nSPS) is 10.9. The van der Waals surface area contributed by atoms with Crippen molar-refractivity contribution in [1.82, 2.24) is 0 Å². The number of hydrogen-bond acceptors (Lipinski definition) is 5. The van der Waals surface area contributed by atoms with Crippen molar-refractivity contribution in [2.75, 3.05) is 22.8 Å². The molecule has 0 unspecified atom stereocenters. The molecule has 0 heterocycles. The SMILES string of the molecule is CCOc1ccccc1N(CC(N)=O)S(=O)(=O)c1ccc(NC(C)=O)cc1. The second-order valence-corrected chi connectivity index (χ2v) is 7.45. The van der Waals surface area contributed by atoms with Crippen molar-refractivity contribution in [2.45, 2.75) is 18.7 Å². The van der Waals surface area contributed by atoms with Gasteiger partial charge in [0, 0.05) is 12.6 Å². The summed E-state index contributed by atoms with van der Waals surface area (Å²) >= 11 is 0. The monoisotopic (exact) mass is 391 g/mol. The van der Waals surface area contributed by atoms with E-state index in [1.807, 2.05) is 0 Å². The summed E-state index contributed by atoms with van der Waals surface area (Å²) in [4.78, 5) is 22.6. The van der Waals surface area contributed by atoms with E-state index in [1.54, 1.807) is 25.1 Å². The van der Waals surface area contributed by atoms with Crippen LogP contribution in [0.15, 0.2) is 53.4 Å². The number of rotatable bonds is 8. The Labute approximate surface area is 158 Å². The summed E-state index contributed by atoms with van der Waals surface area (Å²) < 4.78 is 32.7. The molecule has 3 N–H and O–H groups in total. The largest absolute Gasteiger partial charge is 0.492 e. The zero-order valence-electron chi connectivity index (χ0n) is 15.0. The lowest BCUT2D eigenvalue weighted by atomic mass is 10.3. The minimum Gasteiger partial charge on any atom is -0.492 e. The molecule has 2 aromatic carbocycles. The molecule has 0 saturated heterocycles. The first-order chi connectivity index (χ1) is 12.8. The molecule has 144 valence electrons. The van der Waals surface area contributed by atoms with E-state index in [4.69, 9.17) is 10.5 Å². The summed E-state index contributed by atoms with van der Waals surface area (Å²) in [5, 5.41) is 2.56. The molecule has 2 aromatic rings. The van der Waals surface area contributed by atoms with Crippen LogP contribution in [0.4, 0.5) is 11.4 Å². The Hall–Kier alpha value is -3.07. The van der Waals surface area contributed by atoms with Gasteiger partial charge in [0.25, 0.3) is 10.0 Å². The lowest BCUT2D eigenvalue weighted by Crippen LogP contribution is -2.38. The maximum absolute atomic E-state index is 13.1. The molecule has 0 spiro atoms. The molecule has 0 aliphatic heterocycles. The van der Waals surface area contributed by atoms with Crippen molar-refractivity contribution in [3.05, 3.63) is 48.5 Å². The lowest BCUT2D eigenvalue weighted by molar-refractivity contribution is -0.116. The molecule has 2 amide bonds. The molecule has 0 aliphatic rings. The van der Waals surface area contributed by atoms with Crippen LogP contribution in [0.1, 0.15) is 13.8 Å². The van der Waals surface area contributed by atoms with Crippen molar-refractivity contribution in [1.29, 1.82) is 0 Å². The fourth-order valence-corrected chi connectivity index (χ4v) is 3.86. The minimum atomic E-state index is -4.10. The summed E-state index contributed by atoms with van der Waals surface area (Å²) in [7, 11) is -4.10. The van der Waals surface area contributed by atoms with Crippen molar-refractivity contribution >= 4 is 33.2 Å². The molecule has 9 heteroatoms. The molecule has 0 aliphatic carbocycles. The van der Waals surface area contributed by atoms with Crippen LogP contribution in [0.2, 0.25) is 0 Å². The van der Waals surface area contributed by atoms with Crippen molar-refractivity contribution in [2.24, 2.45) is 5.73 Å². The highest BCUT2D eigenvalue weighted by Crippen LogP contribution is 2.32. The Morgan fingerprint density at radius 2 is 1.74 bits per heavy atom. The number of nitrogens with zero attached hydrogens (tertiary/aromatic N) is 1. The molecule has 2 rings (SSSR count). The number of anilines is 2. The van der Waals surface area contributed by atoms with E-state index in [1.165, 1.54) is 37.3 Å². The molecule has 0 aromatic heterocycles. The third-order valence-corrected chi connectivity index (χ3v) is 5.27. The van der Waals surface area contributed by atoms with Crippen molar-refractivity contribution in [3.8, 4) is 5.75 Å². The molecule has 8 nitrogen and oxygen atoms in total. The first kappa shape index (κ1) is 20.2. The third kappa shape index (κ3) is 4.98. The standard InChI is InChI=1S/C18H21N3O5S/c1-3-26-17-7-5-4-6-16(17)21(12-18(19)23)27(24,25)15-10-8-14(9-11-15)20-13(2)22/h4-11H,3,12H2,1-2H3,(H2,19,23)(H,20,22). The van der Waals surface area contributed by atoms with Crippen LogP contribution in [-0.4, -0.2) is 33.4 Å². The molecular formula is C18H21N3O5S. The zero-order chi connectivity index (χ0) is 20.0. The van der Waals surface area contributed by atoms with Crippen LogP contribution in [0.5, 0.6) is 5.75 Å². The number of carbonyl (C=O) groups excluding carboxylic acids is 2. The molecule has 0 saturated carbocycles. The maximum atomic E-state index is 13.1. The van der Waals surface area contributed by atoms with Crippen LogP contribution in [0, 0.1) is 0 Å². The number of sulfonamides is 1. The molecule has 0 fully saturated rings. The fraction of sp³-hybridized carbons (Fsp3) is 0.222. The van der Waals surface area contributed by atoms with Crippen molar-refractivity contribution in [3.63, 3.8) is 0 Å². The van der Waals surface area contributed by atoms with Gasteiger partial charge in [0.15, 0.2) is 0 Å². The summed E-state index contributed by atoms with van der Waals surface area (Å²) in [5.74, 6) is -0.758. The van der Waals surface area contributed by atoms with E-state index in [0.717, 1.165) is 4.31 Å². The van der Waals surface area contributed by atoms with Gasteiger partial charge in [0.05, 0.1) is 17.2 Å². The Morgan fingerprint density at radius 1 is 1.11 bits per heavy atom. The first-order valence-electron chi connectivity index (χ1n) is 8.16. The molecule has 27 heavy (non-hydrogen) atoms. The van der Waals surface area contributed by atoms with Gasteiger partial charge >= 0.3 is 0 Å². The van der Waals surface area contributed by atoms with E-state index in [-0.39, 0.29) is 16.5 Å². The highest BCUT2D eigenvalue weighted by Gasteiger charge is 2.28. The number of ether oxygens (including phenoxy) is 1. The lowest BCUT2D eigenvalue weighted by Gasteiger charge is -2.25. The summed E-state index contributed by atoms with van der Waals surface area (Å²) in [6.45, 7) is 2.90. The van der Waals surface area contributed by atoms with Gasteiger partial charge in [-0.2, -0.15) is 0 Å². The smallest absolute Gasteiger partial charge is 0.264 e. The van der Waals surface area contributed by atoms with E-state index in [9.17, 15) is 18.0 Å². The van der Waals surface area contributed by atoms with Gasteiger partial charge in [-0.05, 0) is 43.3 Å². The highest BCUT2D eigenvalue weighted by molar-refractivity contribution is 7.92. The van der Waals surface area contributed by atoms with E-state index < -0.39 is 22.5 Å². The van der Waals surface area contributed by atoms with Crippen LogP contribution >= 0.6 is 0 Å². The third-order valence-electron chi connectivity index (χ3n) is 3.50.